The van der Waals surface area contributed by atoms with Crippen molar-refractivity contribution in [2.24, 2.45) is 5.41 Å². The molecule has 0 aliphatic carbocycles. The molecule has 2 aliphatic rings. The first-order chi connectivity index (χ1) is 5.27. The summed E-state index contributed by atoms with van der Waals surface area (Å²) < 4.78 is 12.7. The van der Waals surface area contributed by atoms with Crippen molar-refractivity contribution in [3.8, 4) is 0 Å². The molecule has 2 fully saturated rings. The Morgan fingerprint density at radius 1 is 1.82 bits per heavy atom. The molecule has 0 aromatic carbocycles. The Morgan fingerprint density at radius 2 is 2.64 bits per heavy atom. The van der Waals surface area contributed by atoms with E-state index in [-0.39, 0.29) is 12.1 Å². The highest BCUT2D eigenvalue weighted by Crippen LogP contribution is 2.38. The zero-order valence-corrected chi connectivity index (χ0v) is 6.81. The molecule has 2 atom stereocenters. The van der Waals surface area contributed by atoms with Crippen LogP contribution in [-0.4, -0.2) is 37.8 Å². The van der Waals surface area contributed by atoms with E-state index in [0.29, 0.717) is 6.04 Å². The van der Waals surface area contributed by atoms with Crippen LogP contribution in [0.3, 0.4) is 0 Å². The summed E-state index contributed by atoms with van der Waals surface area (Å²) in [5.74, 6) is 0. The highest BCUT2D eigenvalue weighted by atomic mass is 19.1. The number of hydrogen-bond acceptors (Lipinski definition) is 2. The second kappa shape index (κ2) is 2.42. The van der Waals surface area contributed by atoms with Gasteiger partial charge in [0, 0.05) is 31.1 Å². The van der Waals surface area contributed by atoms with Gasteiger partial charge in [0.1, 0.15) is 0 Å². The van der Waals surface area contributed by atoms with Crippen molar-refractivity contribution in [1.29, 1.82) is 0 Å². The predicted octanol–water partition coefficient (Wildman–Crippen LogP) is 0.411. The number of alkyl halides is 1. The van der Waals surface area contributed by atoms with Gasteiger partial charge in [-0.15, -0.1) is 0 Å². The average molecular weight is 157 g/mol. The highest BCUT2D eigenvalue weighted by molar-refractivity contribution is 5.08. The normalized spacial score (nSPS) is 44.7. The van der Waals surface area contributed by atoms with Gasteiger partial charge in [-0.05, 0) is 13.5 Å². The summed E-state index contributed by atoms with van der Waals surface area (Å²) >= 11 is 0. The van der Waals surface area contributed by atoms with Gasteiger partial charge in [-0.1, -0.05) is 0 Å². The van der Waals surface area contributed by atoms with Gasteiger partial charge in [-0.3, -0.25) is 4.39 Å². The molecule has 2 heterocycles. The molecule has 63 valence electrons. The number of rotatable bonds is 1. The number of likely N-dealkylation sites (N-methyl/N-ethyl adjacent to an activating group) is 1. The molecule has 1 radical (unpaired) electrons. The van der Waals surface area contributed by atoms with E-state index in [9.17, 15) is 4.39 Å². The van der Waals surface area contributed by atoms with Crippen LogP contribution in [0.25, 0.3) is 0 Å². The van der Waals surface area contributed by atoms with Crippen molar-refractivity contribution in [2.45, 2.75) is 12.5 Å². The first-order valence-corrected chi connectivity index (χ1v) is 4.09. The van der Waals surface area contributed by atoms with Crippen LogP contribution in [0.1, 0.15) is 6.42 Å². The second-order valence-electron chi connectivity index (χ2n) is 3.82. The third-order valence-electron chi connectivity index (χ3n) is 2.91. The van der Waals surface area contributed by atoms with Gasteiger partial charge in [0.05, 0.1) is 6.67 Å². The number of likely N-dealkylation sites (tertiary alicyclic amines) is 1. The van der Waals surface area contributed by atoms with E-state index in [4.69, 9.17) is 0 Å². The minimum atomic E-state index is -0.189. The fourth-order valence-electron chi connectivity index (χ4n) is 2.25. The van der Waals surface area contributed by atoms with Crippen LogP contribution in [0.4, 0.5) is 4.39 Å². The lowest BCUT2D eigenvalue weighted by molar-refractivity contribution is 0.210. The summed E-state index contributed by atoms with van der Waals surface area (Å²) in [6.45, 7) is 3.71. The van der Waals surface area contributed by atoms with Gasteiger partial charge < -0.3 is 10.2 Å². The van der Waals surface area contributed by atoms with Gasteiger partial charge in [0.2, 0.25) is 0 Å². The lowest BCUT2D eigenvalue weighted by Crippen LogP contribution is -2.36. The summed E-state index contributed by atoms with van der Waals surface area (Å²) in [6, 6.07) is 0.359. The molecular weight excluding hydrogens is 143 g/mol. The molecule has 2 rings (SSSR count). The molecule has 0 bridgehead atoms. The van der Waals surface area contributed by atoms with Crippen LogP contribution in [-0.2, 0) is 0 Å². The van der Waals surface area contributed by atoms with Crippen LogP contribution >= 0.6 is 0 Å². The Morgan fingerprint density at radius 3 is 3.27 bits per heavy atom. The van der Waals surface area contributed by atoms with Crippen molar-refractivity contribution in [2.75, 3.05) is 26.8 Å². The minimum Gasteiger partial charge on any atom is -0.308 e. The molecule has 3 heteroatoms. The molecule has 0 amide bonds. The van der Waals surface area contributed by atoms with Gasteiger partial charge in [-0.25, -0.2) is 0 Å². The molecule has 0 aromatic heterocycles. The van der Waals surface area contributed by atoms with Crippen molar-refractivity contribution in [3.05, 3.63) is 6.54 Å². The van der Waals surface area contributed by atoms with Crippen molar-refractivity contribution >= 4 is 0 Å². The Labute approximate surface area is 66.8 Å². The largest absolute Gasteiger partial charge is 0.308 e. The standard InChI is InChI=1S/C8H14FN2/c1-11-4-7-8(5-9,6-11)2-3-10-7/h3,7,10H,2,4-6H2,1H3. The third kappa shape index (κ3) is 0.983. The lowest BCUT2D eigenvalue weighted by atomic mass is 9.85. The number of fused-ring (bicyclic) bond motifs is 1. The van der Waals surface area contributed by atoms with E-state index in [1.807, 2.05) is 6.54 Å². The summed E-state index contributed by atoms with van der Waals surface area (Å²) in [4.78, 5) is 2.20. The number of nitrogens with zero attached hydrogens (tertiary/aromatic N) is 1. The number of hydrogen-bond donors (Lipinski definition) is 1. The van der Waals surface area contributed by atoms with E-state index < -0.39 is 0 Å². The molecule has 0 saturated carbocycles. The lowest BCUT2D eigenvalue weighted by Gasteiger charge is -2.23. The topological polar surface area (TPSA) is 15.3 Å². The number of nitrogens with one attached hydrogen (secondary N) is 1. The fourth-order valence-corrected chi connectivity index (χ4v) is 2.25. The van der Waals surface area contributed by atoms with E-state index in [0.717, 1.165) is 19.5 Å². The summed E-state index contributed by atoms with van der Waals surface area (Å²) in [7, 11) is 2.05. The van der Waals surface area contributed by atoms with Crippen LogP contribution in [0.5, 0.6) is 0 Å². The van der Waals surface area contributed by atoms with Crippen LogP contribution in [0.15, 0.2) is 0 Å². The van der Waals surface area contributed by atoms with Crippen molar-refractivity contribution in [3.63, 3.8) is 0 Å². The molecule has 1 N–H and O–H groups in total. The van der Waals surface area contributed by atoms with Gasteiger partial charge in [0.25, 0.3) is 0 Å². The predicted molar refractivity (Wildman–Crippen MR) is 41.7 cm³/mol. The average Bonchev–Trinajstić information content (AvgIpc) is 2.43. The summed E-state index contributed by atoms with van der Waals surface area (Å²) in [6.07, 6.45) is 0.887. The van der Waals surface area contributed by atoms with E-state index in [1.54, 1.807) is 0 Å². The van der Waals surface area contributed by atoms with Crippen LogP contribution in [0, 0.1) is 12.0 Å². The summed E-state index contributed by atoms with van der Waals surface area (Å²) in [5.41, 5.74) is -0.0885. The minimum absolute atomic E-state index is 0.0885. The molecule has 2 aliphatic heterocycles. The first-order valence-electron chi connectivity index (χ1n) is 4.09. The quantitative estimate of drug-likeness (QED) is 0.593. The highest BCUT2D eigenvalue weighted by Gasteiger charge is 2.48. The molecule has 2 saturated heterocycles. The molecule has 11 heavy (non-hydrogen) atoms. The molecule has 0 spiro atoms. The molecular formula is C8H14FN2. The first kappa shape index (κ1) is 7.50. The molecule has 0 aromatic rings. The van der Waals surface area contributed by atoms with Crippen LogP contribution < -0.4 is 5.32 Å². The zero-order chi connectivity index (χ0) is 7.90. The maximum absolute atomic E-state index is 12.7. The SMILES string of the molecule is CN1CC2N[CH]CC2(CF)C1. The zero-order valence-electron chi connectivity index (χ0n) is 6.81. The van der Waals surface area contributed by atoms with Gasteiger partial charge in [-0.2, -0.15) is 0 Å². The third-order valence-corrected chi connectivity index (χ3v) is 2.91. The summed E-state index contributed by atoms with van der Waals surface area (Å²) in [5, 5.41) is 3.23. The smallest absolute Gasteiger partial charge is 0.0978 e. The van der Waals surface area contributed by atoms with E-state index in [1.165, 1.54) is 0 Å². The maximum Gasteiger partial charge on any atom is 0.0978 e. The maximum atomic E-state index is 12.7. The molecule has 2 nitrogen and oxygen atoms in total. The Hall–Kier alpha value is -0.150. The monoisotopic (exact) mass is 157 g/mol. The Bertz CT molecular complexity index is 162. The molecule has 2 unspecified atom stereocenters. The van der Waals surface area contributed by atoms with Crippen molar-refractivity contribution < 1.29 is 4.39 Å². The second-order valence-corrected chi connectivity index (χ2v) is 3.82. The van der Waals surface area contributed by atoms with E-state index >= 15 is 0 Å². The Balaban J connectivity index is 2.15. The van der Waals surface area contributed by atoms with Gasteiger partial charge >= 0.3 is 0 Å². The van der Waals surface area contributed by atoms with Crippen molar-refractivity contribution in [1.82, 2.24) is 10.2 Å². The van der Waals surface area contributed by atoms with Gasteiger partial charge in [0.15, 0.2) is 0 Å². The Kier molecular flexibility index (Phi) is 1.65. The number of halogens is 1. The van der Waals surface area contributed by atoms with E-state index in [2.05, 4.69) is 17.3 Å². The van der Waals surface area contributed by atoms with Crippen LogP contribution in [0.2, 0.25) is 0 Å². The fraction of sp³-hybridized carbons (Fsp3) is 0.875.